The zero-order valence-electron chi connectivity index (χ0n) is 16.1. The summed E-state index contributed by atoms with van der Waals surface area (Å²) in [7, 11) is 1.70. The zero-order valence-corrected chi connectivity index (χ0v) is 16.1. The number of carbonyl (C=O) groups is 1. The molecule has 6 heteroatoms. The zero-order chi connectivity index (χ0) is 18.9. The highest BCUT2D eigenvalue weighted by Gasteiger charge is 2.36. The molecular formula is C20H26N4O2. The largest absolute Gasteiger partial charge is 0.495 e. The van der Waals surface area contributed by atoms with Crippen molar-refractivity contribution in [1.29, 1.82) is 0 Å². The van der Waals surface area contributed by atoms with Gasteiger partial charge in [-0.25, -0.2) is 9.97 Å². The van der Waals surface area contributed by atoms with Crippen LogP contribution < -0.4 is 14.5 Å². The normalized spacial score (nSPS) is 16.5. The Morgan fingerprint density at radius 1 is 1.23 bits per heavy atom. The van der Waals surface area contributed by atoms with Crippen molar-refractivity contribution in [3.05, 3.63) is 41.7 Å². The molecule has 0 bridgehead atoms. The van der Waals surface area contributed by atoms with E-state index in [1.165, 1.54) is 0 Å². The molecule has 0 saturated carbocycles. The molecule has 3 rings (SSSR count). The van der Waals surface area contributed by atoms with Crippen molar-refractivity contribution in [3.63, 3.8) is 0 Å². The van der Waals surface area contributed by atoms with E-state index >= 15 is 0 Å². The highest BCUT2D eigenvalue weighted by molar-refractivity contribution is 5.94. The Morgan fingerprint density at radius 2 is 1.96 bits per heavy atom. The van der Waals surface area contributed by atoms with Gasteiger partial charge >= 0.3 is 0 Å². The van der Waals surface area contributed by atoms with Crippen molar-refractivity contribution < 1.29 is 9.53 Å². The van der Waals surface area contributed by atoms with Crippen molar-refractivity contribution in [1.82, 2.24) is 9.97 Å². The smallest absolute Gasteiger partial charge is 0.225 e. The monoisotopic (exact) mass is 354 g/mol. The van der Waals surface area contributed by atoms with Gasteiger partial charge in [-0.3, -0.25) is 4.79 Å². The quantitative estimate of drug-likeness (QED) is 0.787. The summed E-state index contributed by atoms with van der Waals surface area (Å²) in [6, 6.07) is 8.11. The number of ketones is 1. The Balaban J connectivity index is 1.85. The summed E-state index contributed by atoms with van der Waals surface area (Å²) in [5, 5.41) is 0. The van der Waals surface area contributed by atoms with Crippen LogP contribution in [0.2, 0.25) is 0 Å². The standard InChI is InChI=1S/C20H26N4O2/c1-14-16(15(2)25)12-21-19(22-14)23-10-11-24(20(3,4)13-23)17-8-6-7-9-18(17)26-5/h6-9,12H,10-11,13H2,1-5H3. The number of Topliss-reactive ketones (excluding diaryl/α,β-unsaturated/α-hetero) is 1. The summed E-state index contributed by atoms with van der Waals surface area (Å²) in [5.74, 6) is 1.56. The number of carbonyl (C=O) groups excluding carboxylic acids is 1. The van der Waals surface area contributed by atoms with E-state index in [9.17, 15) is 4.79 Å². The molecular weight excluding hydrogens is 328 g/mol. The Labute approximate surface area is 154 Å². The molecule has 1 aliphatic rings. The molecule has 6 nitrogen and oxygen atoms in total. The number of ether oxygens (including phenoxy) is 1. The fourth-order valence-corrected chi connectivity index (χ4v) is 3.58. The van der Waals surface area contributed by atoms with E-state index in [1.807, 2.05) is 25.1 Å². The molecule has 0 spiro atoms. The predicted octanol–water partition coefficient (Wildman–Crippen LogP) is 3.10. The number of rotatable bonds is 4. The second kappa shape index (κ2) is 6.94. The van der Waals surface area contributed by atoms with Crippen molar-refractivity contribution in [2.75, 3.05) is 36.5 Å². The molecule has 0 radical (unpaired) electrons. The second-order valence-corrected chi connectivity index (χ2v) is 7.28. The van der Waals surface area contributed by atoms with Crippen LogP contribution in [0.3, 0.4) is 0 Å². The molecule has 0 aliphatic carbocycles. The molecule has 2 heterocycles. The molecule has 26 heavy (non-hydrogen) atoms. The minimum atomic E-state index is -0.122. The summed E-state index contributed by atoms with van der Waals surface area (Å²) in [6.07, 6.45) is 1.64. The maximum atomic E-state index is 11.6. The third-order valence-corrected chi connectivity index (χ3v) is 4.91. The van der Waals surface area contributed by atoms with Crippen molar-refractivity contribution in [2.24, 2.45) is 0 Å². The van der Waals surface area contributed by atoms with Gasteiger partial charge in [0.15, 0.2) is 5.78 Å². The number of aryl methyl sites for hydroxylation is 1. The van der Waals surface area contributed by atoms with E-state index < -0.39 is 0 Å². The van der Waals surface area contributed by atoms with Gasteiger partial charge in [0.05, 0.1) is 29.6 Å². The fraction of sp³-hybridized carbons (Fsp3) is 0.450. The van der Waals surface area contributed by atoms with Crippen LogP contribution in [0, 0.1) is 6.92 Å². The van der Waals surface area contributed by atoms with Gasteiger partial charge in [-0.2, -0.15) is 0 Å². The van der Waals surface area contributed by atoms with Crippen LogP contribution in [-0.4, -0.2) is 48.0 Å². The topological polar surface area (TPSA) is 58.6 Å². The summed E-state index contributed by atoms with van der Waals surface area (Å²) in [4.78, 5) is 25.2. The lowest BCUT2D eigenvalue weighted by molar-refractivity contribution is 0.101. The first-order chi connectivity index (χ1) is 12.3. The molecule has 1 fully saturated rings. The molecule has 1 aromatic carbocycles. The lowest BCUT2D eigenvalue weighted by Crippen LogP contribution is -2.60. The van der Waals surface area contributed by atoms with Gasteiger partial charge in [0.1, 0.15) is 5.75 Å². The number of methoxy groups -OCH3 is 1. The maximum absolute atomic E-state index is 11.6. The lowest BCUT2D eigenvalue weighted by atomic mass is 9.97. The second-order valence-electron chi connectivity index (χ2n) is 7.28. The van der Waals surface area contributed by atoms with Crippen molar-refractivity contribution >= 4 is 17.4 Å². The van der Waals surface area contributed by atoms with Crippen LogP contribution in [0.4, 0.5) is 11.6 Å². The van der Waals surface area contributed by atoms with Gasteiger partial charge in [-0.1, -0.05) is 12.1 Å². The summed E-state index contributed by atoms with van der Waals surface area (Å²) in [5.41, 5.74) is 2.29. The van der Waals surface area contributed by atoms with E-state index in [0.29, 0.717) is 11.5 Å². The van der Waals surface area contributed by atoms with Gasteiger partial charge in [0.25, 0.3) is 0 Å². The average Bonchev–Trinajstić information content (AvgIpc) is 2.60. The molecule has 1 aliphatic heterocycles. The first-order valence-corrected chi connectivity index (χ1v) is 8.83. The average molecular weight is 354 g/mol. The van der Waals surface area contributed by atoms with Gasteiger partial charge in [-0.15, -0.1) is 0 Å². The van der Waals surface area contributed by atoms with Crippen LogP contribution in [0.25, 0.3) is 0 Å². The van der Waals surface area contributed by atoms with Gasteiger partial charge in [0, 0.05) is 25.8 Å². The van der Waals surface area contributed by atoms with Crippen LogP contribution in [0.5, 0.6) is 5.75 Å². The molecule has 0 atom stereocenters. The lowest BCUT2D eigenvalue weighted by Gasteiger charge is -2.48. The van der Waals surface area contributed by atoms with Crippen LogP contribution in [0.15, 0.2) is 30.5 Å². The number of nitrogens with zero attached hydrogens (tertiary/aromatic N) is 4. The SMILES string of the molecule is COc1ccccc1N1CCN(c2ncc(C(C)=O)c(C)n2)CC1(C)C. The highest BCUT2D eigenvalue weighted by atomic mass is 16.5. The fourth-order valence-electron chi connectivity index (χ4n) is 3.58. The molecule has 0 amide bonds. The molecule has 1 aromatic heterocycles. The van der Waals surface area contributed by atoms with Crippen LogP contribution in [-0.2, 0) is 0 Å². The predicted molar refractivity (Wildman–Crippen MR) is 103 cm³/mol. The number of para-hydroxylation sites is 2. The Morgan fingerprint density at radius 3 is 2.58 bits per heavy atom. The first kappa shape index (κ1) is 18.2. The molecule has 0 unspecified atom stereocenters. The minimum absolute atomic E-state index is 0.00429. The minimum Gasteiger partial charge on any atom is -0.495 e. The van der Waals surface area contributed by atoms with E-state index in [-0.39, 0.29) is 11.3 Å². The summed E-state index contributed by atoms with van der Waals surface area (Å²) >= 11 is 0. The number of aromatic nitrogens is 2. The van der Waals surface area contributed by atoms with Gasteiger partial charge in [0.2, 0.25) is 5.95 Å². The Kier molecular flexibility index (Phi) is 4.85. The Bertz CT molecular complexity index is 819. The van der Waals surface area contributed by atoms with Crippen molar-refractivity contribution in [2.45, 2.75) is 33.2 Å². The number of benzene rings is 1. The van der Waals surface area contributed by atoms with Gasteiger partial charge in [-0.05, 0) is 39.8 Å². The first-order valence-electron chi connectivity index (χ1n) is 8.83. The van der Waals surface area contributed by atoms with Crippen LogP contribution >= 0.6 is 0 Å². The van der Waals surface area contributed by atoms with E-state index in [1.54, 1.807) is 20.2 Å². The third kappa shape index (κ3) is 3.36. The number of anilines is 2. The molecule has 2 aromatic rings. The summed E-state index contributed by atoms with van der Waals surface area (Å²) in [6.45, 7) is 10.2. The number of hydrogen-bond acceptors (Lipinski definition) is 6. The third-order valence-electron chi connectivity index (χ3n) is 4.91. The van der Waals surface area contributed by atoms with E-state index in [2.05, 4.69) is 39.7 Å². The summed E-state index contributed by atoms with van der Waals surface area (Å²) < 4.78 is 5.54. The molecule has 1 saturated heterocycles. The highest BCUT2D eigenvalue weighted by Crippen LogP contribution is 2.35. The number of piperazine rings is 1. The van der Waals surface area contributed by atoms with Crippen molar-refractivity contribution in [3.8, 4) is 5.75 Å². The van der Waals surface area contributed by atoms with Crippen LogP contribution in [0.1, 0.15) is 36.8 Å². The van der Waals surface area contributed by atoms with Gasteiger partial charge < -0.3 is 14.5 Å². The number of hydrogen-bond donors (Lipinski definition) is 0. The molecule has 0 N–H and O–H groups in total. The van der Waals surface area contributed by atoms with E-state index in [4.69, 9.17) is 4.74 Å². The molecule has 138 valence electrons. The maximum Gasteiger partial charge on any atom is 0.225 e. The Hall–Kier alpha value is -2.63. The van der Waals surface area contributed by atoms with E-state index in [0.717, 1.165) is 36.8 Å².